The van der Waals surface area contributed by atoms with Crippen LogP contribution in [0.3, 0.4) is 0 Å². The van der Waals surface area contributed by atoms with Gasteiger partial charge in [0.1, 0.15) is 11.5 Å². The van der Waals surface area contributed by atoms with E-state index in [0.29, 0.717) is 16.3 Å². The summed E-state index contributed by atoms with van der Waals surface area (Å²) in [6.07, 6.45) is 1.56. The molecule has 0 amide bonds. The molecule has 1 N–H and O–H groups in total. The molecular weight excluding hydrogens is 331 g/mol. The van der Waals surface area contributed by atoms with Gasteiger partial charge in [-0.15, -0.1) is 0 Å². The molecule has 0 aliphatic rings. The van der Waals surface area contributed by atoms with E-state index in [2.05, 4.69) is 5.32 Å². The Balaban J connectivity index is 2.35. The molecular formula is C14H12ClFN2O3S. The number of benzene rings is 2. The Morgan fingerprint density at radius 3 is 2.68 bits per heavy atom. The van der Waals surface area contributed by atoms with Gasteiger partial charge in [-0.05, 0) is 35.9 Å². The third kappa shape index (κ3) is 4.02. The third-order valence-electron chi connectivity index (χ3n) is 2.84. The van der Waals surface area contributed by atoms with Crippen LogP contribution in [0.2, 0.25) is 5.02 Å². The largest absolute Gasteiger partial charge is 0.350 e. The number of hydrogen-bond donors (Lipinski definition) is 1. The zero-order valence-electron chi connectivity index (χ0n) is 11.5. The maximum atomic E-state index is 13.1. The van der Waals surface area contributed by atoms with Crippen LogP contribution in [-0.4, -0.2) is 15.4 Å². The number of anilines is 2. The van der Waals surface area contributed by atoms with Crippen molar-refractivity contribution < 1.29 is 13.5 Å². The molecule has 5 nitrogen and oxygen atoms in total. The lowest BCUT2D eigenvalue weighted by Gasteiger charge is -2.10. The second-order valence-corrected chi connectivity index (χ2v) is 6.41. The predicted octanol–water partition coefficient (Wildman–Crippen LogP) is 4.01. The summed E-state index contributed by atoms with van der Waals surface area (Å²) in [7, 11) is -1.07. The second kappa shape index (κ2) is 6.85. The fraction of sp³-hybridized carbons (Fsp3) is 0.143. The fourth-order valence-corrected chi connectivity index (χ4v) is 2.84. The number of nitrogens with zero attached hydrogens (tertiary/aromatic N) is 1. The molecule has 0 aliphatic carbocycles. The summed E-state index contributed by atoms with van der Waals surface area (Å²) in [4.78, 5) is 10.3. The zero-order chi connectivity index (χ0) is 16.3. The van der Waals surface area contributed by atoms with Crippen LogP contribution in [0.25, 0.3) is 0 Å². The number of hydrogen-bond acceptors (Lipinski definition) is 4. The summed E-state index contributed by atoms with van der Waals surface area (Å²) >= 11 is 6.03. The van der Waals surface area contributed by atoms with Crippen molar-refractivity contribution in [2.45, 2.75) is 5.75 Å². The molecule has 0 aromatic heterocycles. The summed E-state index contributed by atoms with van der Waals surface area (Å²) in [6, 6.07) is 8.18. The van der Waals surface area contributed by atoms with Crippen molar-refractivity contribution in [1.29, 1.82) is 0 Å². The zero-order valence-corrected chi connectivity index (χ0v) is 13.1. The van der Waals surface area contributed by atoms with Gasteiger partial charge in [0.2, 0.25) is 0 Å². The molecule has 0 heterocycles. The van der Waals surface area contributed by atoms with Crippen molar-refractivity contribution in [3.8, 4) is 0 Å². The standard InChI is InChI=1S/C14H12ClFN2O3S/c1-22(21)8-9-6-11(3-4-12(9)15)17-13-5-2-10(16)7-14(13)18(19)20/h2-7,17H,8H2,1H3. The van der Waals surface area contributed by atoms with Crippen molar-refractivity contribution >= 4 is 39.5 Å². The van der Waals surface area contributed by atoms with E-state index in [4.69, 9.17) is 11.6 Å². The quantitative estimate of drug-likeness (QED) is 0.658. The molecule has 22 heavy (non-hydrogen) atoms. The van der Waals surface area contributed by atoms with Crippen LogP contribution in [0.5, 0.6) is 0 Å². The summed E-state index contributed by atoms with van der Waals surface area (Å²) in [5.41, 5.74) is 1.00. The highest BCUT2D eigenvalue weighted by atomic mass is 35.5. The van der Waals surface area contributed by atoms with E-state index in [-0.39, 0.29) is 17.1 Å². The Bertz CT molecular complexity index is 755. The Morgan fingerprint density at radius 1 is 1.32 bits per heavy atom. The molecule has 0 fully saturated rings. The van der Waals surface area contributed by atoms with Gasteiger partial charge in [0.15, 0.2) is 0 Å². The minimum absolute atomic E-state index is 0.164. The van der Waals surface area contributed by atoms with E-state index in [9.17, 15) is 18.7 Å². The van der Waals surface area contributed by atoms with Gasteiger partial charge in [0, 0.05) is 33.5 Å². The normalized spacial score (nSPS) is 12.0. The lowest BCUT2D eigenvalue weighted by Crippen LogP contribution is -1.99. The number of nitro groups is 1. The summed E-state index contributed by atoms with van der Waals surface area (Å²) in [6.45, 7) is 0. The van der Waals surface area contributed by atoms with Crippen molar-refractivity contribution in [1.82, 2.24) is 0 Å². The molecule has 0 saturated carbocycles. The molecule has 8 heteroatoms. The first kappa shape index (κ1) is 16.4. The van der Waals surface area contributed by atoms with Gasteiger partial charge in [0.25, 0.3) is 5.69 Å². The average Bonchev–Trinajstić information content (AvgIpc) is 2.43. The summed E-state index contributed by atoms with van der Waals surface area (Å²) < 4.78 is 24.4. The van der Waals surface area contributed by atoms with Crippen LogP contribution in [0.15, 0.2) is 36.4 Å². The Morgan fingerprint density at radius 2 is 2.05 bits per heavy atom. The van der Waals surface area contributed by atoms with Crippen LogP contribution in [0, 0.1) is 15.9 Å². The molecule has 0 radical (unpaired) electrons. The van der Waals surface area contributed by atoms with E-state index in [0.717, 1.165) is 12.1 Å². The number of rotatable bonds is 5. The van der Waals surface area contributed by atoms with E-state index in [1.54, 1.807) is 24.5 Å². The smallest absolute Gasteiger partial charge is 0.295 e. The predicted molar refractivity (Wildman–Crippen MR) is 85.6 cm³/mol. The van der Waals surface area contributed by atoms with Gasteiger partial charge < -0.3 is 5.32 Å². The van der Waals surface area contributed by atoms with Gasteiger partial charge in [0.05, 0.1) is 11.0 Å². The molecule has 0 bridgehead atoms. The van der Waals surface area contributed by atoms with Gasteiger partial charge in [-0.1, -0.05) is 11.6 Å². The lowest BCUT2D eigenvalue weighted by molar-refractivity contribution is -0.384. The van der Waals surface area contributed by atoms with Gasteiger partial charge >= 0.3 is 0 Å². The Kier molecular flexibility index (Phi) is 5.10. The van der Waals surface area contributed by atoms with Crippen LogP contribution >= 0.6 is 11.6 Å². The topological polar surface area (TPSA) is 72.2 Å². The maximum absolute atomic E-state index is 13.1. The minimum Gasteiger partial charge on any atom is -0.350 e. The highest BCUT2D eigenvalue weighted by molar-refractivity contribution is 7.83. The molecule has 2 aromatic rings. The number of nitrogens with one attached hydrogen (secondary N) is 1. The average molecular weight is 343 g/mol. The van der Waals surface area contributed by atoms with Crippen molar-refractivity contribution in [2.24, 2.45) is 0 Å². The molecule has 0 saturated heterocycles. The first-order valence-corrected chi connectivity index (χ1v) is 8.27. The van der Waals surface area contributed by atoms with Crippen molar-refractivity contribution in [3.05, 3.63) is 62.9 Å². The van der Waals surface area contributed by atoms with Crippen molar-refractivity contribution in [2.75, 3.05) is 11.6 Å². The fourth-order valence-electron chi connectivity index (χ4n) is 1.90. The summed E-state index contributed by atoms with van der Waals surface area (Å²) in [5.74, 6) is -0.407. The lowest BCUT2D eigenvalue weighted by atomic mass is 10.2. The van der Waals surface area contributed by atoms with E-state index in [1.165, 1.54) is 6.07 Å². The number of nitro benzene ring substituents is 1. The van der Waals surface area contributed by atoms with E-state index in [1.807, 2.05) is 0 Å². The third-order valence-corrected chi connectivity index (χ3v) is 3.93. The van der Waals surface area contributed by atoms with Crippen LogP contribution in [0.1, 0.15) is 5.56 Å². The Labute approximate surface area is 133 Å². The van der Waals surface area contributed by atoms with E-state index < -0.39 is 21.5 Å². The maximum Gasteiger partial charge on any atom is 0.295 e. The van der Waals surface area contributed by atoms with E-state index >= 15 is 0 Å². The number of halogens is 2. The van der Waals surface area contributed by atoms with Crippen LogP contribution < -0.4 is 5.32 Å². The van der Waals surface area contributed by atoms with Crippen molar-refractivity contribution in [3.63, 3.8) is 0 Å². The molecule has 2 aromatic carbocycles. The highest BCUT2D eigenvalue weighted by Gasteiger charge is 2.15. The van der Waals surface area contributed by atoms with Gasteiger partial charge in [-0.2, -0.15) is 0 Å². The highest BCUT2D eigenvalue weighted by Crippen LogP contribution is 2.30. The first-order chi connectivity index (χ1) is 10.4. The molecule has 1 unspecified atom stereocenters. The SMILES string of the molecule is CS(=O)Cc1cc(Nc2ccc(F)cc2[N+](=O)[O-])ccc1Cl. The molecule has 116 valence electrons. The van der Waals surface area contributed by atoms with Crippen LogP contribution in [-0.2, 0) is 16.6 Å². The monoisotopic (exact) mass is 342 g/mol. The second-order valence-electron chi connectivity index (χ2n) is 4.57. The summed E-state index contributed by atoms with van der Waals surface area (Å²) in [5, 5.41) is 14.3. The first-order valence-electron chi connectivity index (χ1n) is 6.16. The molecule has 1 atom stereocenters. The van der Waals surface area contributed by atoms with Gasteiger partial charge in [-0.25, -0.2) is 4.39 Å². The van der Waals surface area contributed by atoms with Crippen LogP contribution in [0.4, 0.5) is 21.5 Å². The Hall–Kier alpha value is -1.99. The molecule has 0 spiro atoms. The minimum atomic E-state index is -1.07. The molecule has 0 aliphatic heterocycles. The van der Waals surface area contributed by atoms with Gasteiger partial charge in [-0.3, -0.25) is 14.3 Å². The molecule has 2 rings (SSSR count).